The Hall–Kier alpha value is -3.71. The Morgan fingerprint density at radius 1 is 1.00 bits per heavy atom. The van der Waals surface area contributed by atoms with E-state index in [1.807, 2.05) is 36.2 Å². The van der Waals surface area contributed by atoms with Crippen molar-refractivity contribution in [2.75, 3.05) is 13.6 Å². The van der Waals surface area contributed by atoms with Gasteiger partial charge < -0.3 is 10.0 Å². The predicted molar refractivity (Wildman–Crippen MR) is 143 cm³/mol. The van der Waals surface area contributed by atoms with Gasteiger partial charge in [0.05, 0.1) is 11.3 Å². The summed E-state index contributed by atoms with van der Waals surface area (Å²) >= 11 is 0. The first-order valence-corrected chi connectivity index (χ1v) is 12.0. The lowest BCUT2D eigenvalue weighted by Crippen LogP contribution is -2.19. The number of carbonyl (C=O) groups is 1. The van der Waals surface area contributed by atoms with Crippen LogP contribution in [0, 0.1) is 6.92 Å². The smallest absolute Gasteiger partial charge is 0.417 e. The number of carboxylic acids is 1. The number of halogens is 3. The fourth-order valence-corrected chi connectivity index (χ4v) is 4.14. The van der Waals surface area contributed by atoms with E-state index in [9.17, 15) is 18.0 Å². The Balaban J connectivity index is 1.77. The first kappa shape index (κ1) is 27.9. The van der Waals surface area contributed by atoms with Gasteiger partial charge in [0.2, 0.25) is 0 Å². The Morgan fingerprint density at radius 2 is 1.65 bits per heavy atom. The van der Waals surface area contributed by atoms with Crippen LogP contribution < -0.4 is 0 Å². The quantitative estimate of drug-likeness (QED) is 0.289. The second kappa shape index (κ2) is 12.0. The average molecular weight is 509 g/mol. The van der Waals surface area contributed by atoms with E-state index in [0.29, 0.717) is 42.0 Å². The highest BCUT2D eigenvalue weighted by molar-refractivity contribution is 6.02. The van der Waals surface area contributed by atoms with Gasteiger partial charge in [0, 0.05) is 18.7 Å². The Kier molecular flexibility index (Phi) is 9.05. The molecule has 0 aliphatic rings. The first-order valence-electron chi connectivity index (χ1n) is 12.0. The number of nitrogens with zero attached hydrogens (tertiary/aromatic N) is 2. The van der Waals surface area contributed by atoms with E-state index in [-0.39, 0.29) is 12.0 Å². The third kappa shape index (κ3) is 7.64. The van der Waals surface area contributed by atoms with Gasteiger partial charge in [-0.2, -0.15) is 13.2 Å². The Bertz CT molecular complexity index is 1290. The molecule has 0 saturated carbocycles. The van der Waals surface area contributed by atoms with Crippen LogP contribution in [-0.4, -0.2) is 35.3 Å². The van der Waals surface area contributed by atoms with Gasteiger partial charge in [-0.15, -0.1) is 0 Å². The third-order valence-electron chi connectivity index (χ3n) is 6.15. The van der Waals surface area contributed by atoms with E-state index in [1.165, 1.54) is 6.07 Å². The van der Waals surface area contributed by atoms with Crippen LogP contribution in [0.4, 0.5) is 13.2 Å². The molecule has 0 amide bonds. The molecule has 0 bridgehead atoms. The molecule has 0 atom stereocenters. The monoisotopic (exact) mass is 508 g/mol. The fraction of sp³-hybridized carbons (Fsp3) is 0.267. The molecular weight excluding hydrogens is 477 g/mol. The highest BCUT2D eigenvalue weighted by Gasteiger charge is 2.34. The van der Waals surface area contributed by atoms with Crippen molar-refractivity contribution in [1.29, 1.82) is 0 Å². The maximum Gasteiger partial charge on any atom is 0.417 e. The third-order valence-corrected chi connectivity index (χ3v) is 6.15. The standard InChI is InChI=1S/C30H31F3N2O2/c1-20-8-5-6-9-26(20)27-16-15-25(18-28(27)30(31,32)33)22(3)34-21(2)24-13-11-23(12-14-24)19-35(4)17-7-10-29(36)37/h5-6,8-9,11-16,18H,2,7,10,17,19H2,1,3-4H3,(H,36,37)/b34-22+. The zero-order valence-corrected chi connectivity index (χ0v) is 21.3. The lowest BCUT2D eigenvalue weighted by molar-refractivity contribution is -0.138. The molecule has 0 aliphatic carbocycles. The molecule has 3 aromatic carbocycles. The summed E-state index contributed by atoms with van der Waals surface area (Å²) < 4.78 is 41.9. The fourth-order valence-electron chi connectivity index (χ4n) is 4.14. The maximum absolute atomic E-state index is 14.0. The number of alkyl halides is 3. The van der Waals surface area contributed by atoms with Gasteiger partial charge in [-0.05, 0) is 73.3 Å². The van der Waals surface area contributed by atoms with Crippen LogP contribution >= 0.6 is 0 Å². The maximum atomic E-state index is 14.0. The van der Waals surface area contributed by atoms with E-state index >= 15 is 0 Å². The predicted octanol–water partition coefficient (Wildman–Crippen LogP) is 7.46. The van der Waals surface area contributed by atoms with Gasteiger partial charge >= 0.3 is 12.1 Å². The topological polar surface area (TPSA) is 52.9 Å². The van der Waals surface area contributed by atoms with Crippen molar-refractivity contribution < 1.29 is 23.1 Å². The first-order chi connectivity index (χ1) is 17.5. The number of hydrogen-bond donors (Lipinski definition) is 1. The van der Waals surface area contributed by atoms with Crippen LogP contribution in [0.15, 0.2) is 78.3 Å². The van der Waals surface area contributed by atoms with Crippen molar-refractivity contribution >= 4 is 17.4 Å². The van der Waals surface area contributed by atoms with Crippen LogP contribution in [0.1, 0.15) is 47.6 Å². The SMILES string of the molecule is C=C(/N=C(\C)c1ccc(-c2ccccc2C)c(C(F)(F)F)c1)c1ccc(CN(C)CCCC(=O)O)cc1. The summed E-state index contributed by atoms with van der Waals surface area (Å²) in [6.07, 6.45) is -3.79. The Labute approximate surface area is 215 Å². The molecule has 0 unspecified atom stereocenters. The summed E-state index contributed by atoms with van der Waals surface area (Å²) in [6.45, 7) is 8.82. The minimum Gasteiger partial charge on any atom is -0.481 e. The van der Waals surface area contributed by atoms with E-state index in [4.69, 9.17) is 5.11 Å². The molecule has 0 spiro atoms. The largest absolute Gasteiger partial charge is 0.481 e. The molecule has 37 heavy (non-hydrogen) atoms. The Morgan fingerprint density at radius 3 is 2.27 bits per heavy atom. The molecule has 3 rings (SSSR count). The van der Waals surface area contributed by atoms with Gasteiger partial charge in [-0.1, -0.05) is 67.2 Å². The molecule has 0 radical (unpaired) electrons. The highest BCUT2D eigenvalue weighted by atomic mass is 19.4. The highest BCUT2D eigenvalue weighted by Crippen LogP contribution is 2.39. The molecule has 4 nitrogen and oxygen atoms in total. The van der Waals surface area contributed by atoms with E-state index in [0.717, 1.165) is 22.8 Å². The van der Waals surface area contributed by atoms with Gasteiger partial charge in [0.15, 0.2) is 0 Å². The van der Waals surface area contributed by atoms with Crippen molar-refractivity contribution in [3.8, 4) is 11.1 Å². The minimum atomic E-state index is -4.51. The molecule has 0 aliphatic heterocycles. The van der Waals surface area contributed by atoms with E-state index < -0.39 is 17.7 Å². The molecule has 0 heterocycles. The van der Waals surface area contributed by atoms with Crippen LogP contribution in [-0.2, 0) is 17.5 Å². The van der Waals surface area contributed by atoms with E-state index in [1.54, 1.807) is 44.2 Å². The zero-order chi connectivity index (χ0) is 27.2. The second-order valence-electron chi connectivity index (χ2n) is 9.15. The van der Waals surface area contributed by atoms with E-state index in [2.05, 4.69) is 11.6 Å². The summed E-state index contributed by atoms with van der Waals surface area (Å²) in [5.41, 5.74) is 3.86. The lowest BCUT2D eigenvalue weighted by Gasteiger charge is -2.17. The summed E-state index contributed by atoms with van der Waals surface area (Å²) in [6, 6.07) is 19.0. The van der Waals surface area contributed by atoms with Crippen molar-refractivity contribution in [1.82, 2.24) is 4.90 Å². The van der Waals surface area contributed by atoms with Gasteiger partial charge in [-0.3, -0.25) is 9.79 Å². The second-order valence-corrected chi connectivity index (χ2v) is 9.15. The summed E-state index contributed by atoms with van der Waals surface area (Å²) in [5, 5.41) is 8.76. The molecule has 7 heteroatoms. The summed E-state index contributed by atoms with van der Waals surface area (Å²) in [5.74, 6) is -0.802. The summed E-state index contributed by atoms with van der Waals surface area (Å²) in [4.78, 5) is 17.2. The number of aryl methyl sites for hydroxylation is 1. The van der Waals surface area contributed by atoms with Crippen LogP contribution in [0.3, 0.4) is 0 Å². The molecular formula is C30H31F3N2O2. The summed E-state index contributed by atoms with van der Waals surface area (Å²) in [7, 11) is 1.93. The van der Waals surface area contributed by atoms with Crippen LogP contribution in [0.25, 0.3) is 16.8 Å². The number of aliphatic carboxylic acids is 1. The van der Waals surface area contributed by atoms with Gasteiger partial charge in [-0.25, -0.2) is 0 Å². The lowest BCUT2D eigenvalue weighted by atomic mass is 9.93. The number of carboxylic acid groups (broad SMARTS) is 1. The van der Waals surface area contributed by atoms with Crippen LogP contribution in [0.5, 0.6) is 0 Å². The molecule has 0 fully saturated rings. The number of aliphatic imine (C=N–C) groups is 1. The zero-order valence-electron chi connectivity index (χ0n) is 21.3. The number of hydrogen-bond acceptors (Lipinski definition) is 3. The molecule has 0 aromatic heterocycles. The van der Waals surface area contributed by atoms with Crippen molar-refractivity contribution in [2.24, 2.45) is 4.99 Å². The van der Waals surface area contributed by atoms with Gasteiger partial charge in [0.1, 0.15) is 0 Å². The molecule has 3 aromatic rings. The molecule has 1 N–H and O–H groups in total. The van der Waals surface area contributed by atoms with Crippen molar-refractivity contribution in [2.45, 2.75) is 39.4 Å². The van der Waals surface area contributed by atoms with Crippen molar-refractivity contribution in [3.63, 3.8) is 0 Å². The van der Waals surface area contributed by atoms with Gasteiger partial charge in [0.25, 0.3) is 0 Å². The molecule has 0 saturated heterocycles. The van der Waals surface area contributed by atoms with Crippen LogP contribution in [0.2, 0.25) is 0 Å². The number of rotatable bonds is 10. The van der Waals surface area contributed by atoms with Crippen molar-refractivity contribution in [3.05, 3.63) is 101 Å². The normalized spacial score (nSPS) is 12.1. The molecule has 194 valence electrons. The average Bonchev–Trinajstić information content (AvgIpc) is 2.83. The number of benzene rings is 3. The minimum absolute atomic E-state index is 0.138.